The third-order valence-electron chi connectivity index (χ3n) is 1.41. The number of hydrogen-bond donors (Lipinski definition) is 1. The van der Waals surface area contributed by atoms with Crippen molar-refractivity contribution >= 4 is 12.0 Å². The molecule has 0 fully saturated rings. The van der Waals surface area contributed by atoms with Gasteiger partial charge in [-0.15, -0.1) is 0 Å². The third-order valence-corrected chi connectivity index (χ3v) is 1.41. The Hall–Kier alpha value is -1.35. The lowest BCUT2D eigenvalue weighted by atomic mass is 10.2. The number of carbonyl (C=O) groups excluding carboxylic acids is 1. The lowest BCUT2D eigenvalue weighted by molar-refractivity contribution is 0.156. The molecule has 0 saturated carbocycles. The molecule has 12 heavy (non-hydrogen) atoms. The van der Waals surface area contributed by atoms with Crippen LogP contribution in [-0.4, -0.2) is 12.9 Å². The van der Waals surface area contributed by atoms with Crippen molar-refractivity contribution in [3.05, 3.63) is 29.8 Å². The zero-order valence-corrected chi connectivity index (χ0v) is 6.62. The number of nitrogen functional groups attached to an aromatic ring is 1. The summed E-state index contributed by atoms with van der Waals surface area (Å²) in [6, 6.07) is 7.31. The Balaban J connectivity index is 2.42. The van der Waals surface area contributed by atoms with Gasteiger partial charge in [-0.05, 0) is 17.7 Å². The van der Waals surface area contributed by atoms with E-state index < -0.39 is 0 Å². The lowest BCUT2D eigenvalue weighted by Crippen LogP contribution is -1.95. The Kier molecular flexibility index (Phi) is 3.29. The summed E-state index contributed by atoms with van der Waals surface area (Å²) in [5.41, 5.74) is 7.20. The predicted molar refractivity (Wildman–Crippen MR) is 46.2 cm³/mol. The molecular weight excluding hydrogens is 154 g/mol. The molecule has 1 radical (unpaired) electrons. The van der Waals surface area contributed by atoms with Crippen LogP contribution in [0.3, 0.4) is 0 Å². The van der Waals surface area contributed by atoms with Crippen LogP contribution < -0.4 is 5.73 Å². The van der Waals surface area contributed by atoms with Crippen LogP contribution in [0.4, 0.5) is 5.69 Å². The van der Waals surface area contributed by atoms with Gasteiger partial charge in [-0.3, -0.25) is 4.79 Å². The van der Waals surface area contributed by atoms with Gasteiger partial charge < -0.3 is 10.5 Å². The van der Waals surface area contributed by atoms with Gasteiger partial charge in [0.15, 0.2) is 0 Å². The molecule has 0 aliphatic rings. The second kappa shape index (κ2) is 4.51. The second-order valence-electron chi connectivity index (χ2n) is 2.38. The minimum atomic E-state index is 0.0182. The SMILES string of the molecule is Nc1ccc(COC[C]=O)cc1. The van der Waals surface area contributed by atoms with E-state index in [2.05, 4.69) is 0 Å². The summed E-state index contributed by atoms with van der Waals surface area (Å²) < 4.78 is 4.94. The molecule has 0 atom stereocenters. The van der Waals surface area contributed by atoms with Gasteiger partial charge in [0.05, 0.1) is 6.61 Å². The first-order valence-corrected chi connectivity index (χ1v) is 3.60. The van der Waals surface area contributed by atoms with Crippen LogP contribution in [-0.2, 0) is 16.1 Å². The molecule has 0 spiro atoms. The molecule has 0 amide bonds. The highest BCUT2D eigenvalue weighted by Gasteiger charge is 1.91. The number of ether oxygens (including phenoxy) is 1. The van der Waals surface area contributed by atoms with Crippen LogP contribution in [0, 0.1) is 0 Å². The number of nitrogens with two attached hydrogens (primary N) is 1. The van der Waals surface area contributed by atoms with Crippen molar-refractivity contribution in [1.82, 2.24) is 0 Å². The van der Waals surface area contributed by atoms with Gasteiger partial charge in [0.25, 0.3) is 0 Å². The first-order chi connectivity index (χ1) is 5.83. The summed E-state index contributed by atoms with van der Waals surface area (Å²) in [5, 5.41) is 0. The van der Waals surface area contributed by atoms with Crippen molar-refractivity contribution in [1.29, 1.82) is 0 Å². The standard InChI is InChI=1S/C9H10NO2/c10-9-3-1-8(2-4-9)7-12-6-5-11/h1-4H,6-7,10H2. The Morgan fingerprint density at radius 1 is 1.33 bits per heavy atom. The van der Waals surface area contributed by atoms with E-state index >= 15 is 0 Å². The maximum atomic E-state index is 9.78. The summed E-state index contributed by atoms with van der Waals surface area (Å²) in [6.07, 6.45) is 1.65. The van der Waals surface area contributed by atoms with E-state index in [4.69, 9.17) is 10.5 Å². The van der Waals surface area contributed by atoms with Crippen molar-refractivity contribution in [2.24, 2.45) is 0 Å². The molecule has 0 bridgehead atoms. The van der Waals surface area contributed by atoms with Crippen LogP contribution in [0.5, 0.6) is 0 Å². The number of benzene rings is 1. The fourth-order valence-corrected chi connectivity index (χ4v) is 0.824. The summed E-state index contributed by atoms with van der Waals surface area (Å²) in [4.78, 5) is 9.78. The maximum Gasteiger partial charge on any atom is 0.226 e. The van der Waals surface area contributed by atoms with E-state index in [1.807, 2.05) is 12.1 Å². The van der Waals surface area contributed by atoms with E-state index in [9.17, 15) is 4.79 Å². The van der Waals surface area contributed by atoms with Crippen LogP contribution in [0.2, 0.25) is 0 Å². The molecule has 0 saturated heterocycles. The zero-order valence-electron chi connectivity index (χ0n) is 6.62. The fraction of sp³-hybridized carbons (Fsp3) is 0.222. The number of rotatable bonds is 4. The molecule has 3 nitrogen and oxygen atoms in total. The van der Waals surface area contributed by atoms with Crippen molar-refractivity contribution < 1.29 is 9.53 Å². The average Bonchev–Trinajstić information content (AvgIpc) is 2.09. The summed E-state index contributed by atoms with van der Waals surface area (Å²) in [6.45, 7) is 0.444. The van der Waals surface area contributed by atoms with Gasteiger partial charge in [-0.2, -0.15) is 0 Å². The Morgan fingerprint density at radius 2 is 2.00 bits per heavy atom. The van der Waals surface area contributed by atoms with E-state index in [1.54, 1.807) is 18.4 Å². The van der Waals surface area contributed by atoms with Gasteiger partial charge in [-0.25, -0.2) is 0 Å². The molecule has 0 aliphatic carbocycles. The molecule has 2 N–H and O–H groups in total. The summed E-state index contributed by atoms with van der Waals surface area (Å²) in [7, 11) is 0. The molecule has 63 valence electrons. The normalized spacial score (nSPS) is 9.67. The fourth-order valence-electron chi connectivity index (χ4n) is 0.824. The first kappa shape index (κ1) is 8.74. The molecule has 0 aliphatic heterocycles. The summed E-state index contributed by atoms with van der Waals surface area (Å²) in [5.74, 6) is 0. The molecular formula is C9H10NO2. The van der Waals surface area contributed by atoms with Crippen molar-refractivity contribution in [3.63, 3.8) is 0 Å². The Labute approximate surface area is 71.1 Å². The highest BCUT2D eigenvalue weighted by molar-refractivity contribution is 5.51. The van der Waals surface area contributed by atoms with Crippen LogP contribution in [0.25, 0.3) is 0 Å². The largest absolute Gasteiger partial charge is 0.399 e. The minimum Gasteiger partial charge on any atom is -0.399 e. The molecule has 1 aromatic carbocycles. The Morgan fingerprint density at radius 3 is 2.58 bits per heavy atom. The summed E-state index contributed by atoms with van der Waals surface area (Å²) >= 11 is 0. The number of hydrogen-bond acceptors (Lipinski definition) is 3. The Bertz CT molecular complexity index is 243. The minimum absolute atomic E-state index is 0.0182. The topological polar surface area (TPSA) is 52.3 Å². The maximum absolute atomic E-state index is 9.78. The quantitative estimate of drug-likeness (QED) is 0.531. The monoisotopic (exact) mass is 164 g/mol. The highest BCUT2D eigenvalue weighted by atomic mass is 16.5. The van der Waals surface area contributed by atoms with Crippen LogP contribution >= 0.6 is 0 Å². The second-order valence-corrected chi connectivity index (χ2v) is 2.38. The molecule has 1 rings (SSSR count). The van der Waals surface area contributed by atoms with Gasteiger partial charge in [0.2, 0.25) is 6.29 Å². The predicted octanol–water partition coefficient (Wildman–Crippen LogP) is 0.895. The van der Waals surface area contributed by atoms with Gasteiger partial charge >= 0.3 is 0 Å². The van der Waals surface area contributed by atoms with Crippen LogP contribution in [0.15, 0.2) is 24.3 Å². The molecule has 0 aromatic heterocycles. The lowest BCUT2D eigenvalue weighted by Gasteiger charge is -2.00. The van der Waals surface area contributed by atoms with Crippen molar-refractivity contribution in [2.45, 2.75) is 6.61 Å². The number of anilines is 1. The van der Waals surface area contributed by atoms with Crippen molar-refractivity contribution in [2.75, 3.05) is 12.3 Å². The van der Waals surface area contributed by atoms with Crippen LogP contribution in [0.1, 0.15) is 5.56 Å². The van der Waals surface area contributed by atoms with E-state index in [1.165, 1.54) is 0 Å². The van der Waals surface area contributed by atoms with Gasteiger partial charge in [-0.1, -0.05) is 12.1 Å². The average molecular weight is 164 g/mol. The molecule has 0 heterocycles. The smallest absolute Gasteiger partial charge is 0.226 e. The zero-order chi connectivity index (χ0) is 8.81. The highest BCUT2D eigenvalue weighted by Crippen LogP contribution is 2.05. The van der Waals surface area contributed by atoms with E-state index in [0.29, 0.717) is 6.61 Å². The van der Waals surface area contributed by atoms with E-state index in [0.717, 1.165) is 11.3 Å². The van der Waals surface area contributed by atoms with Gasteiger partial charge in [0.1, 0.15) is 6.61 Å². The molecule has 3 heteroatoms. The molecule has 0 unspecified atom stereocenters. The van der Waals surface area contributed by atoms with E-state index in [-0.39, 0.29) is 6.61 Å². The van der Waals surface area contributed by atoms with Crippen molar-refractivity contribution in [3.8, 4) is 0 Å². The molecule has 1 aromatic rings. The third kappa shape index (κ3) is 2.72. The van der Waals surface area contributed by atoms with Gasteiger partial charge in [0, 0.05) is 5.69 Å². The first-order valence-electron chi connectivity index (χ1n) is 3.60.